The highest BCUT2D eigenvalue weighted by Crippen LogP contribution is 2.15. The van der Waals surface area contributed by atoms with Gasteiger partial charge in [-0.05, 0) is 44.5 Å². The first kappa shape index (κ1) is 23.0. The Kier molecular flexibility index (Phi) is 7.88. The first-order valence-corrected chi connectivity index (χ1v) is 9.38. The van der Waals surface area contributed by atoms with Crippen molar-refractivity contribution >= 4 is 36.0 Å². The summed E-state index contributed by atoms with van der Waals surface area (Å²) >= 11 is 0. The third-order valence-electron chi connectivity index (χ3n) is 4.24. The van der Waals surface area contributed by atoms with Crippen LogP contribution >= 0.6 is 24.0 Å². The molecule has 2 N–H and O–H groups in total. The minimum atomic E-state index is -0.474. The topological polar surface area (TPSA) is 83.8 Å². The summed E-state index contributed by atoms with van der Waals surface area (Å²) in [6, 6.07) is 10.2. The third-order valence-corrected chi connectivity index (χ3v) is 4.24. The average Bonchev–Trinajstić information content (AvgIpc) is 3.13. The lowest BCUT2D eigenvalue weighted by atomic mass is 10.1. The molecular weight excluding hydrogens is 483 g/mol. The summed E-state index contributed by atoms with van der Waals surface area (Å²) in [5.41, 5.74) is 1.66. The van der Waals surface area contributed by atoms with Crippen LogP contribution in [0.15, 0.2) is 47.7 Å². The fraction of sp³-hybridized carbons (Fsp3) is 0.450. The van der Waals surface area contributed by atoms with Gasteiger partial charge in [-0.3, -0.25) is 4.99 Å². The summed E-state index contributed by atoms with van der Waals surface area (Å²) in [7, 11) is 1.74. The van der Waals surface area contributed by atoms with Gasteiger partial charge in [-0.2, -0.15) is 5.10 Å². The van der Waals surface area contributed by atoms with Gasteiger partial charge in [0.25, 0.3) is 0 Å². The van der Waals surface area contributed by atoms with Gasteiger partial charge in [0.2, 0.25) is 0 Å². The van der Waals surface area contributed by atoms with Crippen LogP contribution in [0.25, 0.3) is 5.69 Å². The molecule has 0 atom stereocenters. The number of nitrogens with one attached hydrogen (secondary N) is 2. The minimum absolute atomic E-state index is 0. The van der Waals surface area contributed by atoms with Crippen LogP contribution in [0.2, 0.25) is 0 Å². The maximum Gasteiger partial charge on any atom is 0.410 e. The van der Waals surface area contributed by atoms with Gasteiger partial charge in [0, 0.05) is 39.1 Å². The second-order valence-corrected chi connectivity index (χ2v) is 7.77. The Hall–Kier alpha value is -2.30. The van der Waals surface area contributed by atoms with E-state index in [1.165, 1.54) is 0 Å². The largest absolute Gasteiger partial charge is 0.444 e. The molecule has 0 spiro atoms. The highest BCUT2D eigenvalue weighted by molar-refractivity contribution is 14.0. The lowest BCUT2D eigenvalue weighted by Crippen LogP contribution is -2.63. The van der Waals surface area contributed by atoms with E-state index in [9.17, 15) is 4.79 Å². The van der Waals surface area contributed by atoms with E-state index in [1.54, 1.807) is 18.1 Å². The lowest BCUT2D eigenvalue weighted by Gasteiger charge is -2.40. The number of hydrogen-bond acceptors (Lipinski definition) is 4. The van der Waals surface area contributed by atoms with Crippen LogP contribution < -0.4 is 10.6 Å². The van der Waals surface area contributed by atoms with E-state index in [4.69, 9.17) is 4.74 Å². The Morgan fingerprint density at radius 1 is 1.31 bits per heavy atom. The maximum absolute atomic E-state index is 12.0. The molecule has 29 heavy (non-hydrogen) atoms. The molecule has 9 heteroatoms. The highest BCUT2D eigenvalue weighted by atomic mass is 127. The Bertz CT molecular complexity index is 826. The van der Waals surface area contributed by atoms with E-state index in [-0.39, 0.29) is 36.1 Å². The van der Waals surface area contributed by atoms with Gasteiger partial charge < -0.3 is 20.3 Å². The molecule has 8 nitrogen and oxygen atoms in total. The molecule has 1 fully saturated rings. The van der Waals surface area contributed by atoms with Crippen LogP contribution in [0.3, 0.4) is 0 Å². The van der Waals surface area contributed by atoms with Gasteiger partial charge in [-0.25, -0.2) is 9.48 Å². The average molecular weight is 512 g/mol. The number of carbonyl (C=O) groups excluding carboxylic acids is 1. The number of aromatic nitrogens is 2. The van der Waals surface area contributed by atoms with Gasteiger partial charge in [0.15, 0.2) is 5.96 Å². The second-order valence-electron chi connectivity index (χ2n) is 7.77. The van der Waals surface area contributed by atoms with Crippen molar-refractivity contribution in [2.45, 2.75) is 39.0 Å². The normalized spacial score (nSPS) is 14.6. The Morgan fingerprint density at radius 2 is 2.07 bits per heavy atom. The Labute approximate surface area is 188 Å². The lowest BCUT2D eigenvalue weighted by molar-refractivity contribution is 0.00701. The van der Waals surface area contributed by atoms with E-state index in [1.807, 2.05) is 49.8 Å². The number of guanidine groups is 1. The number of halogens is 1. The summed E-state index contributed by atoms with van der Waals surface area (Å²) < 4.78 is 7.20. The number of nitrogens with zero attached hydrogens (tertiary/aromatic N) is 4. The molecule has 1 amide bonds. The quantitative estimate of drug-likeness (QED) is 0.374. The smallest absolute Gasteiger partial charge is 0.410 e. The van der Waals surface area contributed by atoms with Gasteiger partial charge >= 0.3 is 6.09 Å². The molecule has 1 aliphatic heterocycles. The molecule has 0 saturated carbocycles. The molecule has 1 saturated heterocycles. The molecular formula is C20H29IN6O2. The molecule has 158 valence electrons. The molecule has 2 heterocycles. The number of amides is 1. The molecule has 2 aromatic rings. The molecule has 0 radical (unpaired) electrons. The number of likely N-dealkylation sites (tertiary alicyclic amines) is 1. The first-order valence-electron chi connectivity index (χ1n) is 9.38. The summed E-state index contributed by atoms with van der Waals surface area (Å²) in [5, 5.41) is 10.9. The van der Waals surface area contributed by atoms with E-state index >= 15 is 0 Å². The fourth-order valence-corrected chi connectivity index (χ4v) is 2.85. The second kappa shape index (κ2) is 9.95. The van der Waals surface area contributed by atoms with E-state index in [2.05, 4.69) is 32.9 Å². The monoisotopic (exact) mass is 512 g/mol. The molecule has 1 aromatic carbocycles. The van der Waals surface area contributed by atoms with E-state index < -0.39 is 5.60 Å². The molecule has 0 aliphatic carbocycles. The molecule has 3 rings (SSSR count). The molecule has 1 aliphatic rings. The molecule has 1 aromatic heterocycles. The molecule has 0 unspecified atom stereocenters. The van der Waals surface area contributed by atoms with Gasteiger partial charge in [-0.1, -0.05) is 12.1 Å². The van der Waals surface area contributed by atoms with Crippen molar-refractivity contribution in [3.05, 3.63) is 48.3 Å². The zero-order valence-electron chi connectivity index (χ0n) is 17.3. The summed E-state index contributed by atoms with van der Waals surface area (Å²) in [4.78, 5) is 18.0. The zero-order chi connectivity index (χ0) is 20.1. The first-order chi connectivity index (χ1) is 13.3. The van der Waals surface area contributed by atoms with Crippen molar-refractivity contribution < 1.29 is 9.53 Å². The Balaban J connectivity index is 0.00000300. The van der Waals surface area contributed by atoms with Crippen molar-refractivity contribution in [2.75, 3.05) is 20.1 Å². The van der Waals surface area contributed by atoms with Gasteiger partial charge in [-0.15, -0.1) is 24.0 Å². The summed E-state index contributed by atoms with van der Waals surface area (Å²) in [6.45, 7) is 7.45. The van der Waals surface area contributed by atoms with Crippen molar-refractivity contribution in [3.8, 4) is 5.69 Å². The van der Waals surface area contributed by atoms with Crippen molar-refractivity contribution in [1.29, 1.82) is 0 Å². The number of benzene rings is 1. The van der Waals surface area contributed by atoms with Crippen molar-refractivity contribution in [3.63, 3.8) is 0 Å². The van der Waals surface area contributed by atoms with Crippen LogP contribution in [0.4, 0.5) is 4.79 Å². The predicted octanol–water partition coefficient (Wildman–Crippen LogP) is 2.77. The standard InChI is InChI=1S/C20H28N6O2.HI/c1-20(2,3)28-19(27)25-13-16(14-25)24-18(21-4)22-12-15-7-5-8-17(11-15)26-10-6-9-23-26;/h5-11,16H,12-14H2,1-4H3,(H2,21,22,24);1H. The van der Waals surface area contributed by atoms with E-state index in [0.29, 0.717) is 25.6 Å². The predicted molar refractivity (Wildman–Crippen MR) is 124 cm³/mol. The summed E-state index contributed by atoms with van der Waals surface area (Å²) in [5.74, 6) is 0.707. The van der Waals surface area contributed by atoms with Crippen LogP contribution in [-0.4, -0.2) is 58.5 Å². The SMILES string of the molecule is CN=C(NCc1cccc(-n2cccn2)c1)NC1CN(C(=O)OC(C)(C)C)C1.I. The molecule has 0 bridgehead atoms. The van der Waals surface area contributed by atoms with Crippen LogP contribution in [0, 0.1) is 0 Å². The number of hydrogen-bond donors (Lipinski definition) is 2. The highest BCUT2D eigenvalue weighted by Gasteiger charge is 2.34. The third kappa shape index (κ3) is 6.62. The fourth-order valence-electron chi connectivity index (χ4n) is 2.85. The number of carbonyl (C=O) groups is 1. The minimum Gasteiger partial charge on any atom is -0.444 e. The Morgan fingerprint density at radius 3 is 2.69 bits per heavy atom. The summed E-state index contributed by atoms with van der Waals surface area (Å²) in [6.07, 6.45) is 3.40. The zero-order valence-corrected chi connectivity index (χ0v) is 19.6. The van der Waals surface area contributed by atoms with E-state index in [0.717, 1.165) is 11.3 Å². The van der Waals surface area contributed by atoms with Crippen LogP contribution in [0.5, 0.6) is 0 Å². The van der Waals surface area contributed by atoms with Crippen molar-refractivity contribution in [2.24, 2.45) is 4.99 Å². The van der Waals surface area contributed by atoms with Gasteiger partial charge in [0.1, 0.15) is 5.60 Å². The number of rotatable bonds is 4. The maximum atomic E-state index is 12.0. The number of ether oxygens (including phenoxy) is 1. The van der Waals surface area contributed by atoms with Crippen molar-refractivity contribution in [1.82, 2.24) is 25.3 Å². The van der Waals surface area contributed by atoms with Crippen LogP contribution in [0.1, 0.15) is 26.3 Å². The van der Waals surface area contributed by atoms with Crippen LogP contribution in [-0.2, 0) is 11.3 Å². The van der Waals surface area contributed by atoms with Gasteiger partial charge in [0.05, 0.1) is 11.7 Å². The number of aliphatic imine (C=N–C) groups is 1.